The smallest absolute Gasteiger partial charge is 0.410 e. The van der Waals surface area contributed by atoms with Gasteiger partial charge in [0.15, 0.2) is 0 Å². The van der Waals surface area contributed by atoms with Crippen molar-refractivity contribution in [3.05, 3.63) is 45.0 Å². The van der Waals surface area contributed by atoms with E-state index in [1.807, 2.05) is 37.6 Å². The highest BCUT2D eigenvalue weighted by molar-refractivity contribution is 7.08. The number of amides is 2. The first-order valence-electron chi connectivity index (χ1n) is 12.5. The summed E-state index contributed by atoms with van der Waals surface area (Å²) in [4.78, 5) is 42.4. The molecule has 1 unspecified atom stereocenters. The molecule has 2 aromatic rings. The van der Waals surface area contributed by atoms with Gasteiger partial charge in [0.2, 0.25) is 0 Å². The van der Waals surface area contributed by atoms with Crippen molar-refractivity contribution in [1.29, 1.82) is 0 Å². The van der Waals surface area contributed by atoms with Crippen molar-refractivity contribution in [3.8, 4) is 11.1 Å². The van der Waals surface area contributed by atoms with Crippen LogP contribution in [0, 0.1) is 5.41 Å². The van der Waals surface area contributed by atoms with Crippen LogP contribution in [0.15, 0.2) is 33.9 Å². The molecule has 196 valence electrons. The zero-order valence-corrected chi connectivity index (χ0v) is 22.7. The maximum absolute atomic E-state index is 13.3. The number of hydrogen-bond acceptors (Lipinski definition) is 6. The Balaban J connectivity index is 1.68. The van der Waals surface area contributed by atoms with Crippen molar-refractivity contribution < 1.29 is 19.4 Å². The Morgan fingerprint density at radius 1 is 1.19 bits per heavy atom. The van der Waals surface area contributed by atoms with Gasteiger partial charge in [0.25, 0.3) is 11.5 Å². The maximum Gasteiger partial charge on any atom is 0.410 e. The molecule has 1 atom stereocenters. The molecule has 36 heavy (non-hydrogen) atoms. The number of thiophene rings is 1. The summed E-state index contributed by atoms with van der Waals surface area (Å²) >= 11 is 1.50. The molecule has 2 amide bonds. The Bertz CT molecular complexity index is 1180. The van der Waals surface area contributed by atoms with Crippen LogP contribution in [0.3, 0.4) is 0 Å². The van der Waals surface area contributed by atoms with Crippen molar-refractivity contribution in [2.45, 2.75) is 70.6 Å². The van der Waals surface area contributed by atoms with E-state index in [1.165, 1.54) is 26.9 Å². The average molecular weight is 516 g/mol. The lowest BCUT2D eigenvalue weighted by Crippen LogP contribution is -2.62. The summed E-state index contributed by atoms with van der Waals surface area (Å²) in [7, 11) is 3.37. The molecular formula is C27H37N3O5S. The molecule has 2 aliphatic rings. The van der Waals surface area contributed by atoms with E-state index in [9.17, 15) is 19.5 Å². The van der Waals surface area contributed by atoms with Crippen molar-refractivity contribution in [1.82, 2.24) is 14.4 Å². The van der Waals surface area contributed by atoms with E-state index in [-0.39, 0.29) is 24.1 Å². The SMILES string of the molecule is CN(C)C(=O)c1cn(CC2(O)CCN(C(=O)OC(C)(C)C)CC23CCCC3)c(=O)cc1-c1ccsc1. The molecule has 1 saturated carbocycles. The normalized spacial score (nSPS) is 21.6. The third-order valence-corrected chi connectivity index (χ3v) is 8.20. The molecule has 3 heterocycles. The standard InChI is InChI=1S/C27H37N3O5S/c1-25(2,3)35-24(33)29-12-11-27(34,26(17-29)9-6-7-10-26)18-30-15-21(23(32)28(4)5)20(14-22(30)31)19-8-13-36-16-19/h8,13-16,34H,6-7,9-12,17-18H2,1-5H3. The monoisotopic (exact) mass is 515 g/mol. The second kappa shape index (κ2) is 9.67. The minimum Gasteiger partial charge on any atom is -0.444 e. The molecule has 1 aliphatic heterocycles. The maximum atomic E-state index is 13.3. The quantitative estimate of drug-likeness (QED) is 0.659. The predicted molar refractivity (Wildman–Crippen MR) is 140 cm³/mol. The Morgan fingerprint density at radius 3 is 2.47 bits per heavy atom. The van der Waals surface area contributed by atoms with E-state index in [4.69, 9.17) is 4.74 Å². The molecule has 1 N–H and O–H groups in total. The van der Waals surface area contributed by atoms with Gasteiger partial charge in [-0.2, -0.15) is 11.3 Å². The minimum absolute atomic E-state index is 0.0750. The fraction of sp³-hybridized carbons (Fsp3) is 0.593. The van der Waals surface area contributed by atoms with Crippen molar-refractivity contribution in [2.24, 2.45) is 5.41 Å². The van der Waals surface area contributed by atoms with Crippen LogP contribution in [0.25, 0.3) is 11.1 Å². The molecule has 8 nitrogen and oxygen atoms in total. The Morgan fingerprint density at radius 2 is 1.89 bits per heavy atom. The number of likely N-dealkylation sites (tertiary alicyclic amines) is 1. The first-order chi connectivity index (χ1) is 16.8. The van der Waals surface area contributed by atoms with E-state index in [0.29, 0.717) is 30.6 Å². The van der Waals surface area contributed by atoms with Crippen molar-refractivity contribution in [3.63, 3.8) is 0 Å². The van der Waals surface area contributed by atoms with Crippen LogP contribution in [0.5, 0.6) is 0 Å². The average Bonchev–Trinajstić information content (AvgIpc) is 3.48. The number of carbonyl (C=O) groups excluding carboxylic acids is 2. The molecule has 2 fully saturated rings. The van der Waals surface area contributed by atoms with E-state index in [0.717, 1.165) is 31.2 Å². The predicted octanol–water partition coefficient (Wildman–Crippen LogP) is 4.21. The number of aliphatic hydroxyl groups is 1. The zero-order valence-electron chi connectivity index (χ0n) is 21.9. The number of carbonyl (C=O) groups is 2. The molecule has 1 spiro atoms. The van der Waals surface area contributed by atoms with Gasteiger partial charge in [0.05, 0.1) is 17.7 Å². The first-order valence-corrected chi connectivity index (χ1v) is 13.5. The van der Waals surface area contributed by atoms with E-state index in [2.05, 4.69) is 0 Å². The van der Waals surface area contributed by atoms with Gasteiger partial charge in [-0.15, -0.1) is 0 Å². The van der Waals surface area contributed by atoms with Crippen LogP contribution in [-0.2, 0) is 11.3 Å². The minimum atomic E-state index is -1.19. The number of rotatable bonds is 4. The summed E-state index contributed by atoms with van der Waals surface area (Å²) in [6.45, 7) is 6.34. The molecular weight excluding hydrogens is 478 g/mol. The second-order valence-corrected chi connectivity index (χ2v) is 12.2. The van der Waals surface area contributed by atoms with Gasteiger partial charge in [0.1, 0.15) is 5.60 Å². The Labute approximate surface area is 216 Å². The highest BCUT2D eigenvalue weighted by Gasteiger charge is 2.56. The molecule has 0 bridgehead atoms. The molecule has 4 rings (SSSR count). The lowest BCUT2D eigenvalue weighted by atomic mass is 9.66. The number of ether oxygens (including phenoxy) is 1. The highest BCUT2D eigenvalue weighted by Crippen LogP contribution is 2.51. The second-order valence-electron chi connectivity index (χ2n) is 11.4. The molecule has 0 aromatic carbocycles. The summed E-state index contributed by atoms with van der Waals surface area (Å²) in [5.74, 6) is -0.202. The van der Waals surface area contributed by atoms with Crippen LogP contribution < -0.4 is 5.56 Å². The van der Waals surface area contributed by atoms with Crippen LogP contribution >= 0.6 is 11.3 Å². The third-order valence-electron chi connectivity index (χ3n) is 7.52. The Hall–Kier alpha value is -2.65. The molecule has 0 radical (unpaired) electrons. The van der Waals surface area contributed by atoms with Gasteiger partial charge in [-0.25, -0.2) is 4.79 Å². The first kappa shape index (κ1) is 26.4. The summed E-state index contributed by atoms with van der Waals surface area (Å²) in [5.41, 5.74) is -0.728. The van der Waals surface area contributed by atoms with Crippen LogP contribution in [0.2, 0.25) is 0 Å². The van der Waals surface area contributed by atoms with Crippen LogP contribution in [0.4, 0.5) is 4.79 Å². The fourth-order valence-electron chi connectivity index (χ4n) is 5.63. The number of piperidine rings is 1. The topological polar surface area (TPSA) is 92.1 Å². The largest absolute Gasteiger partial charge is 0.444 e. The lowest BCUT2D eigenvalue weighted by molar-refractivity contribution is -0.140. The van der Waals surface area contributed by atoms with E-state index < -0.39 is 16.6 Å². The molecule has 1 aliphatic carbocycles. The van der Waals surface area contributed by atoms with Gasteiger partial charge >= 0.3 is 6.09 Å². The van der Waals surface area contributed by atoms with Crippen molar-refractivity contribution >= 4 is 23.3 Å². The summed E-state index contributed by atoms with van der Waals surface area (Å²) < 4.78 is 7.09. The number of pyridine rings is 1. The van der Waals surface area contributed by atoms with Gasteiger partial charge in [0, 0.05) is 50.4 Å². The molecule has 1 saturated heterocycles. The number of hydrogen-bond donors (Lipinski definition) is 1. The lowest BCUT2D eigenvalue weighted by Gasteiger charge is -2.52. The highest BCUT2D eigenvalue weighted by atomic mass is 32.1. The summed E-state index contributed by atoms with van der Waals surface area (Å²) in [6.07, 6.45) is 5.02. The third kappa shape index (κ3) is 5.09. The van der Waals surface area contributed by atoms with Gasteiger partial charge < -0.3 is 24.2 Å². The van der Waals surface area contributed by atoms with Gasteiger partial charge in [-0.3, -0.25) is 9.59 Å². The summed E-state index contributed by atoms with van der Waals surface area (Å²) in [5, 5.41) is 15.9. The zero-order chi connectivity index (χ0) is 26.3. The van der Waals surface area contributed by atoms with Gasteiger partial charge in [-0.05, 0) is 62.4 Å². The molecule has 9 heteroatoms. The van der Waals surface area contributed by atoms with Crippen LogP contribution in [0.1, 0.15) is 63.2 Å². The van der Waals surface area contributed by atoms with Gasteiger partial charge in [-0.1, -0.05) is 12.8 Å². The van der Waals surface area contributed by atoms with Crippen LogP contribution in [-0.4, -0.2) is 69.9 Å². The number of nitrogens with zero attached hydrogens (tertiary/aromatic N) is 3. The van der Waals surface area contributed by atoms with E-state index in [1.54, 1.807) is 25.2 Å². The molecule has 2 aromatic heterocycles. The van der Waals surface area contributed by atoms with E-state index >= 15 is 0 Å². The number of aromatic nitrogens is 1. The Kier molecular flexibility index (Phi) is 7.09. The summed E-state index contributed by atoms with van der Waals surface area (Å²) in [6, 6.07) is 3.39. The van der Waals surface area contributed by atoms with Crippen molar-refractivity contribution in [2.75, 3.05) is 27.2 Å². The fourth-order valence-corrected chi connectivity index (χ4v) is 6.28.